The Hall–Kier alpha value is -2.04. The zero-order valence-electron chi connectivity index (χ0n) is 13.2. The summed E-state index contributed by atoms with van der Waals surface area (Å²) in [6, 6.07) is 8.12. The van der Waals surface area contributed by atoms with Crippen molar-refractivity contribution in [3.8, 4) is 0 Å². The van der Waals surface area contributed by atoms with Gasteiger partial charge in [0.1, 0.15) is 0 Å². The zero-order valence-corrected chi connectivity index (χ0v) is 13.2. The maximum Gasteiger partial charge on any atom is 0.314 e. The molecule has 1 aromatic rings. The van der Waals surface area contributed by atoms with Crippen molar-refractivity contribution in [3.63, 3.8) is 0 Å². The Balaban J connectivity index is 1.91. The first-order valence-corrected chi connectivity index (χ1v) is 7.73. The lowest BCUT2D eigenvalue weighted by molar-refractivity contribution is -0.136. The number of aliphatic carboxylic acids is 1. The quantitative estimate of drug-likeness (QED) is 0.782. The predicted molar refractivity (Wildman–Crippen MR) is 85.1 cm³/mol. The highest BCUT2D eigenvalue weighted by Gasteiger charge is 2.32. The van der Waals surface area contributed by atoms with E-state index in [-0.39, 0.29) is 24.4 Å². The van der Waals surface area contributed by atoms with Gasteiger partial charge < -0.3 is 15.7 Å². The van der Waals surface area contributed by atoms with Crippen molar-refractivity contribution in [1.82, 2.24) is 10.6 Å². The van der Waals surface area contributed by atoms with Crippen LogP contribution in [0.4, 0.5) is 4.79 Å². The van der Waals surface area contributed by atoms with Crippen molar-refractivity contribution < 1.29 is 14.7 Å². The van der Waals surface area contributed by atoms with Crippen molar-refractivity contribution in [3.05, 3.63) is 35.4 Å². The molecule has 1 atom stereocenters. The molecule has 0 saturated carbocycles. The number of fused-ring (bicyclic) bond motifs is 1. The molecule has 0 fully saturated rings. The molecule has 0 heterocycles. The Morgan fingerprint density at radius 1 is 1.27 bits per heavy atom. The molecule has 0 aromatic heterocycles. The molecule has 0 spiro atoms. The molecule has 1 aliphatic carbocycles. The monoisotopic (exact) mass is 304 g/mol. The average Bonchev–Trinajstić information content (AvgIpc) is 2.46. The van der Waals surface area contributed by atoms with E-state index in [0.717, 1.165) is 12.8 Å². The van der Waals surface area contributed by atoms with Crippen LogP contribution in [0.5, 0.6) is 0 Å². The largest absolute Gasteiger partial charge is 0.481 e. The first-order chi connectivity index (χ1) is 10.4. The van der Waals surface area contributed by atoms with E-state index in [0.29, 0.717) is 12.5 Å². The first-order valence-electron chi connectivity index (χ1n) is 7.73. The van der Waals surface area contributed by atoms with E-state index in [4.69, 9.17) is 5.11 Å². The number of hydrogen-bond acceptors (Lipinski definition) is 2. The molecule has 1 aromatic carbocycles. The minimum Gasteiger partial charge on any atom is -0.481 e. The Morgan fingerprint density at radius 2 is 2.00 bits per heavy atom. The van der Waals surface area contributed by atoms with Gasteiger partial charge in [-0.15, -0.1) is 0 Å². The second-order valence-electron chi connectivity index (χ2n) is 6.49. The Morgan fingerprint density at radius 3 is 2.73 bits per heavy atom. The van der Waals surface area contributed by atoms with Crippen LogP contribution in [0.3, 0.4) is 0 Å². The third-order valence-electron chi connectivity index (χ3n) is 4.38. The Kier molecular flexibility index (Phi) is 5.06. The lowest BCUT2D eigenvalue weighted by Gasteiger charge is -2.37. The molecule has 3 N–H and O–H groups in total. The van der Waals surface area contributed by atoms with Gasteiger partial charge in [-0.05, 0) is 29.4 Å². The van der Waals surface area contributed by atoms with Crippen molar-refractivity contribution in [1.29, 1.82) is 0 Å². The normalized spacial score (nSPS) is 19.1. The molecule has 2 rings (SSSR count). The highest BCUT2D eigenvalue weighted by molar-refractivity contribution is 5.75. The lowest BCUT2D eigenvalue weighted by Crippen LogP contribution is -2.40. The highest BCUT2D eigenvalue weighted by atomic mass is 16.4. The molecule has 0 radical (unpaired) electrons. The highest BCUT2D eigenvalue weighted by Crippen LogP contribution is 2.42. The summed E-state index contributed by atoms with van der Waals surface area (Å²) in [5, 5.41) is 14.0. The molecular weight excluding hydrogens is 280 g/mol. The summed E-state index contributed by atoms with van der Waals surface area (Å²) < 4.78 is 0. The number of carbonyl (C=O) groups excluding carboxylic acids is 1. The average molecular weight is 304 g/mol. The van der Waals surface area contributed by atoms with Gasteiger partial charge >= 0.3 is 12.0 Å². The molecule has 2 amide bonds. The van der Waals surface area contributed by atoms with Crippen LogP contribution in [0.15, 0.2) is 24.3 Å². The number of benzene rings is 1. The molecular formula is C17H24N2O3. The van der Waals surface area contributed by atoms with Crippen LogP contribution in [-0.2, 0) is 10.2 Å². The summed E-state index contributed by atoms with van der Waals surface area (Å²) in [5.74, 6) is -0.599. The van der Waals surface area contributed by atoms with Crippen LogP contribution >= 0.6 is 0 Å². The summed E-state index contributed by atoms with van der Waals surface area (Å²) in [7, 11) is 0. The van der Waals surface area contributed by atoms with Crippen LogP contribution in [0.25, 0.3) is 0 Å². The van der Waals surface area contributed by atoms with Crippen molar-refractivity contribution in [2.45, 2.75) is 44.4 Å². The van der Waals surface area contributed by atoms with E-state index in [2.05, 4.69) is 42.7 Å². The molecule has 0 saturated heterocycles. The molecule has 1 aliphatic rings. The first kappa shape index (κ1) is 16.3. The van der Waals surface area contributed by atoms with Gasteiger partial charge in [-0.1, -0.05) is 38.1 Å². The van der Waals surface area contributed by atoms with E-state index in [1.807, 2.05) is 6.07 Å². The minimum atomic E-state index is -0.913. The molecule has 5 nitrogen and oxygen atoms in total. The Labute approximate surface area is 131 Å². The van der Waals surface area contributed by atoms with E-state index < -0.39 is 5.97 Å². The number of nitrogens with one attached hydrogen (secondary N) is 2. The number of rotatable bonds is 5. The maximum absolute atomic E-state index is 11.7. The van der Waals surface area contributed by atoms with E-state index >= 15 is 0 Å². The molecule has 5 heteroatoms. The number of carbonyl (C=O) groups is 2. The lowest BCUT2D eigenvalue weighted by atomic mass is 9.69. The van der Waals surface area contributed by atoms with Gasteiger partial charge in [-0.2, -0.15) is 0 Å². The second kappa shape index (κ2) is 6.81. The summed E-state index contributed by atoms with van der Waals surface area (Å²) >= 11 is 0. The number of urea groups is 1. The van der Waals surface area contributed by atoms with Gasteiger partial charge in [0.05, 0.1) is 6.42 Å². The standard InChI is InChI=1S/C17H24N2O3/c1-17(2)9-7-12(13-5-3-4-6-14(13)17)11-19-16(22)18-10-8-15(20)21/h3-6,12H,7-11H2,1-2H3,(H,20,21)(H2,18,19,22). The fraction of sp³-hybridized carbons (Fsp3) is 0.529. The Bertz CT molecular complexity index is 555. The third-order valence-corrected chi connectivity index (χ3v) is 4.38. The van der Waals surface area contributed by atoms with Crippen LogP contribution < -0.4 is 10.6 Å². The third kappa shape index (κ3) is 4.00. The van der Waals surface area contributed by atoms with Gasteiger partial charge in [0.15, 0.2) is 0 Å². The number of hydrogen-bond donors (Lipinski definition) is 3. The van der Waals surface area contributed by atoms with Crippen LogP contribution in [0.2, 0.25) is 0 Å². The smallest absolute Gasteiger partial charge is 0.314 e. The molecule has 0 aliphatic heterocycles. The van der Waals surface area contributed by atoms with Crippen molar-refractivity contribution in [2.75, 3.05) is 13.1 Å². The number of amides is 2. The SMILES string of the molecule is CC1(C)CCC(CNC(=O)NCCC(=O)O)c2ccccc21. The molecule has 120 valence electrons. The topological polar surface area (TPSA) is 78.4 Å². The minimum absolute atomic E-state index is 0.0616. The van der Waals surface area contributed by atoms with Crippen LogP contribution in [0, 0.1) is 0 Å². The zero-order chi connectivity index (χ0) is 16.2. The van der Waals surface area contributed by atoms with Crippen LogP contribution in [-0.4, -0.2) is 30.2 Å². The molecule has 1 unspecified atom stereocenters. The molecule has 22 heavy (non-hydrogen) atoms. The predicted octanol–water partition coefficient (Wildman–Crippen LogP) is 2.62. The van der Waals surface area contributed by atoms with Gasteiger partial charge in [-0.25, -0.2) is 4.79 Å². The van der Waals surface area contributed by atoms with Gasteiger partial charge in [0, 0.05) is 19.0 Å². The fourth-order valence-corrected chi connectivity index (χ4v) is 3.07. The number of carboxylic acids is 1. The van der Waals surface area contributed by atoms with Crippen LogP contribution in [0.1, 0.15) is 50.2 Å². The van der Waals surface area contributed by atoms with E-state index in [1.165, 1.54) is 11.1 Å². The van der Waals surface area contributed by atoms with Crippen molar-refractivity contribution >= 4 is 12.0 Å². The second-order valence-corrected chi connectivity index (χ2v) is 6.49. The fourth-order valence-electron chi connectivity index (χ4n) is 3.07. The van der Waals surface area contributed by atoms with Gasteiger partial charge in [-0.3, -0.25) is 4.79 Å². The van der Waals surface area contributed by atoms with Gasteiger partial charge in [0.25, 0.3) is 0 Å². The van der Waals surface area contributed by atoms with E-state index in [9.17, 15) is 9.59 Å². The van der Waals surface area contributed by atoms with E-state index in [1.54, 1.807) is 0 Å². The summed E-state index contributed by atoms with van der Waals surface area (Å²) in [5.41, 5.74) is 2.85. The van der Waals surface area contributed by atoms with Crippen molar-refractivity contribution in [2.24, 2.45) is 0 Å². The molecule has 0 bridgehead atoms. The summed E-state index contributed by atoms with van der Waals surface area (Å²) in [6.07, 6.45) is 2.07. The van der Waals surface area contributed by atoms with Gasteiger partial charge in [0.2, 0.25) is 0 Å². The maximum atomic E-state index is 11.7. The summed E-state index contributed by atoms with van der Waals surface area (Å²) in [6.45, 7) is 5.24. The summed E-state index contributed by atoms with van der Waals surface area (Å²) in [4.78, 5) is 22.1. The number of carboxylic acid groups (broad SMARTS) is 1.